The lowest BCUT2D eigenvalue weighted by molar-refractivity contribution is 0.794. The van der Waals surface area contributed by atoms with Crippen LogP contribution in [-0.2, 0) is 5.41 Å². The summed E-state index contributed by atoms with van der Waals surface area (Å²) in [4.78, 5) is 2.42. The summed E-state index contributed by atoms with van der Waals surface area (Å²) in [5, 5.41) is 5.02. The van der Waals surface area contributed by atoms with E-state index >= 15 is 0 Å². The fourth-order valence-corrected chi connectivity index (χ4v) is 11.0. The van der Waals surface area contributed by atoms with Crippen LogP contribution < -0.4 is 4.90 Å². The smallest absolute Gasteiger partial charge is 0.0725 e. The molecule has 0 N–H and O–H groups in total. The van der Waals surface area contributed by atoms with E-state index in [0.29, 0.717) is 0 Å². The van der Waals surface area contributed by atoms with Crippen molar-refractivity contribution in [3.05, 3.63) is 271 Å². The Morgan fingerprint density at radius 1 is 0.234 bits per heavy atom. The fourth-order valence-electron chi connectivity index (χ4n) is 11.0. The SMILES string of the molecule is c1cc(-c2ccc(N(c3ccc(-c4cccc5ccccc45)cc3)c3ccc4c(c3)-c3ccccc3C43c4ccccc4-c4ccccc43)cc2)cc(-c2ccc3ccccc3c2)c1. The van der Waals surface area contributed by atoms with Crippen molar-refractivity contribution in [2.45, 2.75) is 5.41 Å². The highest BCUT2D eigenvalue weighted by atomic mass is 15.1. The fraction of sp³-hybridized carbons (Fsp3) is 0.0159. The molecule has 0 saturated heterocycles. The van der Waals surface area contributed by atoms with E-state index in [4.69, 9.17) is 0 Å². The van der Waals surface area contributed by atoms with E-state index in [1.807, 2.05) is 0 Å². The molecule has 2 aliphatic carbocycles. The number of benzene rings is 11. The van der Waals surface area contributed by atoms with E-state index in [2.05, 4.69) is 254 Å². The van der Waals surface area contributed by atoms with Crippen LogP contribution in [0.25, 0.3) is 77.2 Å². The average Bonchev–Trinajstić information content (AvgIpc) is 3.84. The van der Waals surface area contributed by atoms with Gasteiger partial charge in [0.05, 0.1) is 5.41 Å². The minimum atomic E-state index is -0.383. The molecule has 11 aromatic carbocycles. The van der Waals surface area contributed by atoms with E-state index in [0.717, 1.165) is 17.1 Å². The van der Waals surface area contributed by atoms with E-state index in [-0.39, 0.29) is 5.41 Å². The van der Waals surface area contributed by atoms with Crippen molar-refractivity contribution in [3.8, 4) is 55.6 Å². The highest BCUT2D eigenvalue weighted by Crippen LogP contribution is 2.63. The summed E-state index contributed by atoms with van der Waals surface area (Å²) in [5.74, 6) is 0. The number of nitrogens with zero attached hydrogens (tertiary/aromatic N) is 1. The monoisotopic (exact) mass is 811 g/mol. The second-order valence-corrected chi connectivity index (χ2v) is 17.2. The maximum atomic E-state index is 2.44. The lowest BCUT2D eigenvalue weighted by Crippen LogP contribution is -2.25. The van der Waals surface area contributed by atoms with Crippen LogP contribution in [0, 0.1) is 0 Å². The van der Waals surface area contributed by atoms with Crippen molar-refractivity contribution in [1.82, 2.24) is 0 Å². The molecule has 0 aliphatic heterocycles. The standard InChI is InChI=1S/C63H41N/c1-2-15-46-40-49(28-27-42(46)13-1)48-18-11-17-47(39-48)43-29-33-50(34-30-43)64(51-35-31-45(32-36-51)54-23-12-16-44-14-3-4-19-53(44)54)52-37-38-62-58(41-52)57-22-7-10-26-61(57)63(62)59-24-8-5-20-55(59)56-21-6-9-25-60(56)63/h1-41H. The van der Waals surface area contributed by atoms with E-state index < -0.39 is 0 Å². The van der Waals surface area contributed by atoms with Gasteiger partial charge in [0.1, 0.15) is 0 Å². The molecule has 0 amide bonds. The molecule has 0 bridgehead atoms. The third kappa shape index (κ3) is 5.51. The van der Waals surface area contributed by atoms with Gasteiger partial charge in [0.15, 0.2) is 0 Å². The Morgan fingerprint density at radius 2 is 0.688 bits per heavy atom. The van der Waals surface area contributed by atoms with Gasteiger partial charge in [-0.3, -0.25) is 0 Å². The normalized spacial score (nSPS) is 12.8. The molecule has 1 heteroatoms. The summed E-state index contributed by atoms with van der Waals surface area (Å²) in [7, 11) is 0. The summed E-state index contributed by atoms with van der Waals surface area (Å²) in [5.41, 5.74) is 20.8. The van der Waals surface area contributed by atoms with E-state index in [1.54, 1.807) is 0 Å². The maximum absolute atomic E-state index is 2.44. The summed E-state index contributed by atoms with van der Waals surface area (Å²) >= 11 is 0. The summed E-state index contributed by atoms with van der Waals surface area (Å²) < 4.78 is 0. The number of anilines is 3. The molecule has 11 aromatic rings. The van der Waals surface area contributed by atoms with Gasteiger partial charge in [0.25, 0.3) is 0 Å². The molecule has 0 atom stereocenters. The summed E-state index contributed by atoms with van der Waals surface area (Å²) in [6.07, 6.45) is 0. The minimum absolute atomic E-state index is 0.383. The first-order valence-corrected chi connectivity index (χ1v) is 22.2. The van der Waals surface area contributed by atoms with Gasteiger partial charge in [-0.25, -0.2) is 0 Å². The number of hydrogen-bond donors (Lipinski definition) is 0. The van der Waals surface area contributed by atoms with Gasteiger partial charge >= 0.3 is 0 Å². The molecule has 0 fully saturated rings. The molecule has 0 saturated carbocycles. The Kier molecular flexibility index (Phi) is 8.20. The van der Waals surface area contributed by atoms with Gasteiger partial charge in [-0.1, -0.05) is 200 Å². The number of rotatable bonds is 6. The van der Waals surface area contributed by atoms with Gasteiger partial charge in [0.2, 0.25) is 0 Å². The lowest BCUT2D eigenvalue weighted by Gasteiger charge is -2.31. The van der Waals surface area contributed by atoms with Gasteiger partial charge in [-0.15, -0.1) is 0 Å². The average molecular weight is 812 g/mol. The Balaban J connectivity index is 0.945. The molecular weight excluding hydrogens is 771 g/mol. The molecule has 2 aliphatic rings. The Bertz CT molecular complexity index is 3560. The van der Waals surface area contributed by atoms with Crippen molar-refractivity contribution in [2.24, 2.45) is 0 Å². The summed E-state index contributed by atoms with van der Waals surface area (Å²) in [6, 6.07) is 92.0. The predicted octanol–water partition coefficient (Wildman–Crippen LogP) is 16.8. The minimum Gasteiger partial charge on any atom is -0.310 e. The number of fused-ring (bicyclic) bond motifs is 12. The second kappa shape index (κ2) is 14.4. The highest BCUT2D eigenvalue weighted by Gasteiger charge is 2.51. The van der Waals surface area contributed by atoms with Crippen LogP contribution in [0.1, 0.15) is 22.3 Å². The summed E-state index contributed by atoms with van der Waals surface area (Å²) in [6.45, 7) is 0. The number of hydrogen-bond acceptors (Lipinski definition) is 1. The first kappa shape index (κ1) is 36.4. The van der Waals surface area contributed by atoms with Crippen LogP contribution in [0.15, 0.2) is 249 Å². The topological polar surface area (TPSA) is 3.24 Å². The first-order chi connectivity index (χ1) is 31.7. The van der Waals surface area contributed by atoms with Gasteiger partial charge in [-0.2, -0.15) is 0 Å². The second-order valence-electron chi connectivity index (χ2n) is 17.2. The molecule has 0 heterocycles. The van der Waals surface area contributed by atoms with Crippen LogP contribution in [0.2, 0.25) is 0 Å². The Hall–Kier alpha value is -8.26. The van der Waals surface area contributed by atoms with Crippen molar-refractivity contribution in [3.63, 3.8) is 0 Å². The van der Waals surface area contributed by atoms with E-state index in [1.165, 1.54) is 99.4 Å². The van der Waals surface area contributed by atoms with Crippen LogP contribution in [-0.4, -0.2) is 0 Å². The molecule has 1 nitrogen and oxygen atoms in total. The van der Waals surface area contributed by atoms with Crippen LogP contribution in [0.3, 0.4) is 0 Å². The van der Waals surface area contributed by atoms with E-state index in [9.17, 15) is 0 Å². The molecule has 0 unspecified atom stereocenters. The Morgan fingerprint density at radius 3 is 1.38 bits per heavy atom. The molecule has 0 radical (unpaired) electrons. The van der Waals surface area contributed by atoms with Crippen molar-refractivity contribution in [2.75, 3.05) is 4.90 Å². The third-order valence-electron chi connectivity index (χ3n) is 13.9. The molecular formula is C63H41N. The van der Waals surface area contributed by atoms with Gasteiger partial charge in [-0.05, 0) is 148 Å². The predicted molar refractivity (Wildman–Crippen MR) is 269 cm³/mol. The zero-order valence-electron chi connectivity index (χ0n) is 35.1. The Labute approximate surface area is 373 Å². The molecule has 64 heavy (non-hydrogen) atoms. The quantitative estimate of drug-likeness (QED) is 0.162. The van der Waals surface area contributed by atoms with Gasteiger partial charge < -0.3 is 4.90 Å². The maximum Gasteiger partial charge on any atom is 0.0725 e. The van der Waals surface area contributed by atoms with Crippen molar-refractivity contribution in [1.29, 1.82) is 0 Å². The highest BCUT2D eigenvalue weighted by molar-refractivity contribution is 5.99. The molecule has 13 rings (SSSR count). The van der Waals surface area contributed by atoms with Gasteiger partial charge in [0, 0.05) is 17.1 Å². The van der Waals surface area contributed by atoms with Crippen molar-refractivity contribution < 1.29 is 0 Å². The third-order valence-corrected chi connectivity index (χ3v) is 13.9. The zero-order chi connectivity index (χ0) is 42.2. The first-order valence-electron chi connectivity index (χ1n) is 22.2. The molecule has 1 spiro atoms. The van der Waals surface area contributed by atoms with Crippen LogP contribution in [0.4, 0.5) is 17.1 Å². The zero-order valence-corrected chi connectivity index (χ0v) is 35.1. The van der Waals surface area contributed by atoms with Crippen LogP contribution >= 0.6 is 0 Å². The van der Waals surface area contributed by atoms with Crippen LogP contribution in [0.5, 0.6) is 0 Å². The largest absolute Gasteiger partial charge is 0.310 e. The van der Waals surface area contributed by atoms with Crippen molar-refractivity contribution >= 4 is 38.6 Å². The molecule has 298 valence electrons. The molecule has 0 aromatic heterocycles. The lowest BCUT2D eigenvalue weighted by atomic mass is 9.70.